The molecule has 0 amide bonds. The van der Waals surface area contributed by atoms with E-state index in [1.54, 1.807) is 30.3 Å². The van der Waals surface area contributed by atoms with Crippen LogP contribution in [0.1, 0.15) is 20.7 Å². The highest BCUT2D eigenvalue weighted by molar-refractivity contribution is 6.05. The van der Waals surface area contributed by atoms with Gasteiger partial charge in [0, 0.05) is 10.9 Å². The normalized spacial score (nSPS) is 10.4. The SMILES string of the molecule is COC(=O)c1ccccc1-c1cc(C(=O)OC)c2ccccc2n1. The highest BCUT2D eigenvalue weighted by atomic mass is 16.5. The van der Waals surface area contributed by atoms with Crippen LogP contribution in [0.5, 0.6) is 0 Å². The zero-order chi connectivity index (χ0) is 17.1. The second-order valence-electron chi connectivity index (χ2n) is 5.10. The molecule has 0 atom stereocenters. The van der Waals surface area contributed by atoms with Crippen LogP contribution in [-0.4, -0.2) is 31.1 Å². The van der Waals surface area contributed by atoms with E-state index in [-0.39, 0.29) is 0 Å². The lowest BCUT2D eigenvalue weighted by atomic mass is 10.0. The first kappa shape index (κ1) is 15.7. The molecular formula is C19H15NO4. The fourth-order valence-corrected chi connectivity index (χ4v) is 2.59. The van der Waals surface area contributed by atoms with Crippen LogP contribution in [-0.2, 0) is 9.47 Å². The van der Waals surface area contributed by atoms with Gasteiger partial charge in [0.05, 0.1) is 36.6 Å². The predicted molar refractivity (Wildman–Crippen MR) is 89.9 cm³/mol. The van der Waals surface area contributed by atoms with Gasteiger partial charge in [0.25, 0.3) is 0 Å². The average molecular weight is 321 g/mol. The van der Waals surface area contributed by atoms with E-state index in [2.05, 4.69) is 4.98 Å². The van der Waals surface area contributed by atoms with Crippen LogP contribution < -0.4 is 0 Å². The largest absolute Gasteiger partial charge is 0.465 e. The third kappa shape index (κ3) is 2.72. The van der Waals surface area contributed by atoms with Gasteiger partial charge in [-0.1, -0.05) is 36.4 Å². The molecule has 0 radical (unpaired) electrons. The molecule has 3 aromatic rings. The van der Waals surface area contributed by atoms with E-state index in [1.807, 2.05) is 24.3 Å². The lowest BCUT2D eigenvalue weighted by Crippen LogP contribution is -2.06. The zero-order valence-electron chi connectivity index (χ0n) is 13.3. The fourth-order valence-electron chi connectivity index (χ4n) is 2.59. The summed E-state index contributed by atoms with van der Waals surface area (Å²) in [5.74, 6) is -0.912. The Bertz CT molecular complexity index is 934. The first-order chi connectivity index (χ1) is 11.7. The molecule has 0 aliphatic rings. The highest BCUT2D eigenvalue weighted by Crippen LogP contribution is 2.28. The number of benzene rings is 2. The van der Waals surface area contributed by atoms with Gasteiger partial charge in [0.15, 0.2) is 0 Å². The van der Waals surface area contributed by atoms with Gasteiger partial charge in [0.2, 0.25) is 0 Å². The number of fused-ring (bicyclic) bond motifs is 1. The smallest absolute Gasteiger partial charge is 0.338 e. The number of methoxy groups -OCH3 is 2. The van der Waals surface area contributed by atoms with Gasteiger partial charge in [-0.2, -0.15) is 0 Å². The second kappa shape index (κ2) is 6.50. The molecule has 2 aromatic carbocycles. The van der Waals surface area contributed by atoms with Gasteiger partial charge in [0.1, 0.15) is 0 Å². The Labute approximate surface area is 138 Å². The van der Waals surface area contributed by atoms with Crippen molar-refractivity contribution in [1.82, 2.24) is 4.98 Å². The van der Waals surface area contributed by atoms with Crippen molar-refractivity contribution >= 4 is 22.8 Å². The monoisotopic (exact) mass is 321 g/mol. The molecule has 0 aliphatic heterocycles. The maximum absolute atomic E-state index is 12.1. The van der Waals surface area contributed by atoms with Crippen LogP contribution in [0.15, 0.2) is 54.6 Å². The number of rotatable bonds is 3. The van der Waals surface area contributed by atoms with Gasteiger partial charge in [-0.3, -0.25) is 0 Å². The van der Waals surface area contributed by atoms with Crippen LogP contribution in [0.25, 0.3) is 22.2 Å². The Kier molecular flexibility index (Phi) is 4.24. The molecule has 0 N–H and O–H groups in total. The van der Waals surface area contributed by atoms with E-state index in [0.717, 1.165) is 0 Å². The lowest BCUT2D eigenvalue weighted by Gasteiger charge is -2.11. The zero-order valence-corrected chi connectivity index (χ0v) is 13.3. The van der Waals surface area contributed by atoms with Crippen LogP contribution in [0.2, 0.25) is 0 Å². The van der Waals surface area contributed by atoms with Crippen LogP contribution in [0.3, 0.4) is 0 Å². The Morgan fingerprint density at radius 1 is 0.833 bits per heavy atom. The van der Waals surface area contributed by atoms with Crippen LogP contribution in [0.4, 0.5) is 0 Å². The molecule has 0 aliphatic carbocycles. The van der Waals surface area contributed by atoms with Crippen molar-refractivity contribution in [1.29, 1.82) is 0 Å². The minimum Gasteiger partial charge on any atom is -0.465 e. The molecule has 3 rings (SSSR count). The van der Waals surface area contributed by atoms with Crippen molar-refractivity contribution in [3.8, 4) is 11.3 Å². The Morgan fingerprint density at radius 3 is 2.21 bits per heavy atom. The summed E-state index contributed by atoms with van der Waals surface area (Å²) in [4.78, 5) is 28.7. The summed E-state index contributed by atoms with van der Waals surface area (Å²) in [5.41, 5.74) is 2.54. The van der Waals surface area contributed by atoms with E-state index in [4.69, 9.17) is 9.47 Å². The van der Waals surface area contributed by atoms with Crippen molar-refractivity contribution in [3.05, 3.63) is 65.7 Å². The molecule has 0 saturated heterocycles. The van der Waals surface area contributed by atoms with Gasteiger partial charge in [-0.25, -0.2) is 14.6 Å². The Hall–Kier alpha value is -3.21. The summed E-state index contributed by atoms with van der Waals surface area (Å²) >= 11 is 0. The van der Waals surface area contributed by atoms with Crippen LogP contribution >= 0.6 is 0 Å². The van der Waals surface area contributed by atoms with Gasteiger partial charge in [-0.05, 0) is 18.2 Å². The number of pyridine rings is 1. The number of ether oxygens (including phenoxy) is 2. The third-order valence-corrected chi connectivity index (χ3v) is 3.73. The molecule has 5 nitrogen and oxygen atoms in total. The van der Waals surface area contributed by atoms with Gasteiger partial charge < -0.3 is 9.47 Å². The lowest BCUT2D eigenvalue weighted by molar-refractivity contribution is 0.0594. The molecule has 24 heavy (non-hydrogen) atoms. The maximum Gasteiger partial charge on any atom is 0.338 e. The van der Waals surface area contributed by atoms with Crippen molar-refractivity contribution in [2.24, 2.45) is 0 Å². The number of para-hydroxylation sites is 1. The molecule has 1 aromatic heterocycles. The highest BCUT2D eigenvalue weighted by Gasteiger charge is 2.18. The predicted octanol–water partition coefficient (Wildman–Crippen LogP) is 3.48. The van der Waals surface area contributed by atoms with E-state index >= 15 is 0 Å². The molecule has 0 bridgehead atoms. The molecule has 1 heterocycles. The third-order valence-electron chi connectivity index (χ3n) is 3.73. The minimum atomic E-state index is -0.458. The van der Waals surface area contributed by atoms with Gasteiger partial charge >= 0.3 is 11.9 Å². The van der Waals surface area contributed by atoms with Crippen molar-refractivity contribution in [2.75, 3.05) is 14.2 Å². The van der Waals surface area contributed by atoms with Crippen LogP contribution in [0, 0.1) is 0 Å². The summed E-state index contributed by atoms with van der Waals surface area (Å²) in [5, 5.41) is 0.698. The molecule has 0 fully saturated rings. The topological polar surface area (TPSA) is 65.5 Å². The first-order valence-electron chi connectivity index (χ1n) is 7.31. The number of aromatic nitrogens is 1. The number of carbonyl (C=O) groups is 2. The summed E-state index contributed by atoms with van der Waals surface area (Å²) in [6.45, 7) is 0. The Morgan fingerprint density at radius 2 is 1.46 bits per heavy atom. The summed E-state index contributed by atoms with van der Waals surface area (Å²) in [7, 11) is 2.66. The van der Waals surface area contributed by atoms with Gasteiger partial charge in [-0.15, -0.1) is 0 Å². The number of carbonyl (C=O) groups excluding carboxylic acids is 2. The van der Waals surface area contributed by atoms with E-state index < -0.39 is 11.9 Å². The van der Waals surface area contributed by atoms with Crippen molar-refractivity contribution < 1.29 is 19.1 Å². The maximum atomic E-state index is 12.1. The number of esters is 2. The molecule has 120 valence electrons. The minimum absolute atomic E-state index is 0.388. The number of hydrogen-bond acceptors (Lipinski definition) is 5. The number of nitrogens with zero attached hydrogens (tertiary/aromatic N) is 1. The van der Waals surface area contributed by atoms with Crippen molar-refractivity contribution in [2.45, 2.75) is 0 Å². The standard InChI is InChI=1S/C19H15NO4/c1-23-18(21)14-9-4-3-7-12(14)17-11-15(19(22)24-2)13-8-5-6-10-16(13)20-17/h3-11H,1-2H3. The fraction of sp³-hybridized carbons (Fsp3) is 0.105. The quantitative estimate of drug-likeness (QED) is 0.691. The first-order valence-corrected chi connectivity index (χ1v) is 7.31. The Balaban J connectivity index is 2.29. The number of hydrogen-bond donors (Lipinski definition) is 0. The molecule has 0 unspecified atom stereocenters. The van der Waals surface area contributed by atoms with E-state index in [1.165, 1.54) is 14.2 Å². The second-order valence-corrected chi connectivity index (χ2v) is 5.10. The van der Waals surface area contributed by atoms with Crippen molar-refractivity contribution in [3.63, 3.8) is 0 Å². The summed E-state index contributed by atoms with van der Waals surface area (Å²) in [6.07, 6.45) is 0. The molecule has 0 spiro atoms. The van der Waals surface area contributed by atoms with E-state index in [0.29, 0.717) is 33.3 Å². The summed E-state index contributed by atoms with van der Waals surface area (Å²) < 4.78 is 9.70. The molecule has 0 saturated carbocycles. The average Bonchev–Trinajstić information content (AvgIpc) is 2.65. The van der Waals surface area contributed by atoms with E-state index in [9.17, 15) is 9.59 Å². The molecule has 5 heteroatoms. The molecular weight excluding hydrogens is 306 g/mol. The summed E-state index contributed by atoms with van der Waals surface area (Å²) in [6, 6.07) is 15.9.